The minimum absolute atomic E-state index is 0.243. The maximum absolute atomic E-state index is 13.9. The largest absolute Gasteiger partial charge is 0.383 e. The fourth-order valence-corrected chi connectivity index (χ4v) is 2.42. The summed E-state index contributed by atoms with van der Waals surface area (Å²) in [5.74, 6) is 6.08. The maximum atomic E-state index is 13.9. The smallest absolute Gasteiger partial charge is 0.191 e. The van der Waals surface area contributed by atoms with Crippen LogP contribution in [0.2, 0.25) is 0 Å². The van der Waals surface area contributed by atoms with Crippen molar-refractivity contribution in [2.45, 2.75) is 10.9 Å². The molecule has 7 heteroatoms. The van der Waals surface area contributed by atoms with E-state index in [1.807, 2.05) is 0 Å². The summed E-state index contributed by atoms with van der Waals surface area (Å²) in [4.78, 5) is 8.06. The van der Waals surface area contributed by atoms with Crippen LogP contribution in [0.25, 0.3) is 0 Å². The van der Waals surface area contributed by atoms with Crippen LogP contribution in [-0.2, 0) is 5.75 Å². The average Bonchev–Trinajstić information content (AvgIpc) is 2.43. The Morgan fingerprint density at radius 2 is 1.86 bits per heavy atom. The third kappa shape index (κ3) is 4.34. The van der Waals surface area contributed by atoms with Crippen LogP contribution in [0.4, 0.5) is 16.0 Å². The first-order chi connectivity index (χ1) is 10.1. The Balaban J connectivity index is 2.09. The number of anilines is 2. The van der Waals surface area contributed by atoms with Crippen molar-refractivity contribution in [1.82, 2.24) is 9.97 Å². The van der Waals surface area contributed by atoms with Gasteiger partial charge in [0.05, 0.1) is 6.54 Å². The van der Waals surface area contributed by atoms with E-state index in [1.54, 1.807) is 12.1 Å². The molecule has 0 fully saturated rings. The van der Waals surface area contributed by atoms with Gasteiger partial charge in [-0.3, -0.25) is 0 Å². The van der Waals surface area contributed by atoms with Gasteiger partial charge in [-0.2, -0.15) is 0 Å². The van der Waals surface area contributed by atoms with Gasteiger partial charge in [0.1, 0.15) is 17.5 Å². The molecule has 6 N–H and O–H groups in total. The van der Waals surface area contributed by atoms with Crippen LogP contribution in [0.1, 0.15) is 11.1 Å². The monoisotopic (exact) mass is 303 g/mol. The summed E-state index contributed by atoms with van der Waals surface area (Å²) in [5, 5.41) is 0.416. The zero-order valence-electron chi connectivity index (χ0n) is 11.1. The van der Waals surface area contributed by atoms with Gasteiger partial charge in [0, 0.05) is 17.4 Å². The molecular formula is C14H14FN5S. The second kappa shape index (κ2) is 6.92. The van der Waals surface area contributed by atoms with Gasteiger partial charge in [-0.1, -0.05) is 29.7 Å². The van der Waals surface area contributed by atoms with E-state index in [1.165, 1.54) is 23.9 Å². The number of halogens is 1. The van der Waals surface area contributed by atoms with Crippen LogP contribution in [0, 0.1) is 17.7 Å². The molecule has 0 atom stereocenters. The molecule has 2 aromatic rings. The first kappa shape index (κ1) is 15.1. The van der Waals surface area contributed by atoms with Crippen molar-refractivity contribution < 1.29 is 4.39 Å². The third-order valence-electron chi connectivity index (χ3n) is 2.49. The van der Waals surface area contributed by atoms with Gasteiger partial charge in [0.15, 0.2) is 5.16 Å². The number of benzene rings is 1. The third-order valence-corrected chi connectivity index (χ3v) is 3.39. The van der Waals surface area contributed by atoms with Gasteiger partial charge in [0.25, 0.3) is 0 Å². The summed E-state index contributed by atoms with van der Waals surface area (Å²) in [7, 11) is 0. The van der Waals surface area contributed by atoms with Gasteiger partial charge in [-0.25, -0.2) is 14.4 Å². The van der Waals surface area contributed by atoms with E-state index in [0.717, 1.165) is 0 Å². The number of thioether (sulfide) groups is 1. The molecule has 1 aromatic heterocycles. The lowest BCUT2D eigenvalue weighted by molar-refractivity contribution is 0.617. The molecule has 2 rings (SSSR count). The molecule has 0 aliphatic rings. The highest BCUT2D eigenvalue weighted by Gasteiger charge is 2.06. The highest BCUT2D eigenvalue weighted by Crippen LogP contribution is 2.23. The fourth-order valence-electron chi connectivity index (χ4n) is 1.56. The number of nitrogens with two attached hydrogens (primary N) is 3. The molecule has 0 radical (unpaired) electrons. The number of nitrogens with zero attached hydrogens (tertiary/aromatic N) is 2. The number of nitrogen functional groups attached to an aromatic ring is 2. The van der Waals surface area contributed by atoms with E-state index >= 15 is 0 Å². The SMILES string of the molecule is NCC#Cc1ccc(CSc2nc(N)cc(N)n2)c(F)c1. The Hall–Kier alpha value is -2.30. The average molecular weight is 303 g/mol. The van der Waals surface area contributed by atoms with Gasteiger partial charge in [0.2, 0.25) is 0 Å². The normalized spacial score (nSPS) is 10.0. The van der Waals surface area contributed by atoms with Crippen molar-refractivity contribution in [2.75, 3.05) is 18.0 Å². The van der Waals surface area contributed by atoms with Crippen LogP contribution in [-0.4, -0.2) is 16.5 Å². The van der Waals surface area contributed by atoms with Crippen LogP contribution in [0.3, 0.4) is 0 Å². The van der Waals surface area contributed by atoms with Crippen LogP contribution in [0.5, 0.6) is 0 Å². The van der Waals surface area contributed by atoms with Crippen molar-refractivity contribution in [3.8, 4) is 11.8 Å². The molecule has 0 saturated carbocycles. The molecular weight excluding hydrogens is 289 g/mol. The molecule has 0 spiro atoms. The first-order valence-electron chi connectivity index (χ1n) is 6.08. The molecule has 5 nitrogen and oxygen atoms in total. The lowest BCUT2D eigenvalue weighted by atomic mass is 10.1. The van der Waals surface area contributed by atoms with Crippen LogP contribution < -0.4 is 17.2 Å². The summed E-state index contributed by atoms with van der Waals surface area (Å²) in [6.07, 6.45) is 0. The number of hydrogen-bond donors (Lipinski definition) is 3. The number of aromatic nitrogens is 2. The minimum Gasteiger partial charge on any atom is -0.383 e. The number of hydrogen-bond acceptors (Lipinski definition) is 6. The van der Waals surface area contributed by atoms with Gasteiger partial charge >= 0.3 is 0 Å². The summed E-state index contributed by atoms with van der Waals surface area (Å²) < 4.78 is 13.9. The highest BCUT2D eigenvalue weighted by atomic mass is 32.2. The molecule has 0 amide bonds. The molecule has 0 unspecified atom stereocenters. The van der Waals surface area contributed by atoms with Gasteiger partial charge in [-0.15, -0.1) is 0 Å². The predicted molar refractivity (Wildman–Crippen MR) is 82.8 cm³/mol. The van der Waals surface area contributed by atoms with E-state index in [-0.39, 0.29) is 24.0 Å². The Kier molecular flexibility index (Phi) is 4.98. The van der Waals surface area contributed by atoms with Crippen molar-refractivity contribution in [3.05, 3.63) is 41.2 Å². The van der Waals surface area contributed by atoms with Crippen LogP contribution >= 0.6 is 11.8 Å². The molecule has 108 valence electrons. The van der Waals surface area contributed by atoms with Crippen molar-refractivity contribution in [2.24, 2.45) is 5.73 Å². The fraction of sp³-hybridized carbons (Fsp3) is 0.143. The lowest BCUT2D eigenvalue weighted by Gasteiger charge is -2.04. The van der Waals surface area contributed by atoms with Gasteiger partial charge < -0.3 is 17.2 Å². The van der Waals surface area contributed by atoms with E-state index in [9.17, 15) is 4.39 Å². The van der Waals surface area contributed by atoms with Gasteiger partial charge in [-0.05, 0) is 17.7 Å². The highest BCUT2D eigenvalue weighted by molar-refractivity contribution is 7.98. The molecule has 0 aliphatic carbocycles. The molecule has 21 heavy (non-hydrogen) atoms. The van der Waals surface area contributed by atoms with E-state index in [0.29, 0.717) is 22.0 Å². The Morgan fingerprint density at radius 3 is 2.48 bits per heavy atom. The van der Waals surface area contributed by atoms with Crippen molar-refractivity contribution in [1.29, 1.82) is 0 Å². The lowest BCUT2D eigenvalue weighted by Crippen LogP contribution is -1.99. The zero-order chi connectivity index (χ0) is 15.2. The first-order valence-corrected chi connectivity index (χ1v) is 7.07. The minimum atomic E-state index is -0.330. The quantitative estimate of drug-likeness (QED) is 0.449. The second-order valence-electron chi connectivity index (χ2n) is 4.10. The summed E-state index contributed by atoms with van der Waals surface area (Å²) in [6, 6.07) is 6.28. The molecule has 1 heterocycles. The standard InChI is InChI=1S/C14H14FN5S/c15-11-6-9(2-1-5-16)3-4-10(11)8-21-14-19-12(17)7-13(18)20-14/h3-4,6-7H,5,8,16H2,(H4,17,18,19,20). The summed E-state index contributed by atoms with van der Waals surface area (Å²) >= 11 is 1.26. The molecule has 1 aromatic carbocycles. The van der Waals surface area contributed by atoms with E-state index < -0.39 is 0 Å². The maximum Gasteiger partial charge on any atom is 0.191 e. The Labute approximate surface area is 126 Å². The summed E-state index contributed by atoms with van der Waals surface area (Å²) in [6.45, 7) is 0.243. The number of rotatable bonds is 3. The summed E-state index contributed by atoms with van der Waals surface area (Å²) in [5.41, 5.74) is 17.6. The topological polar surface area (TPSA) is 104 Å². The van der Waals surface area contributed by atoms with Crippen LogP contribution in [0.15, 0.2) is 29.4 Å². The predicted octanol–water partition coefficient (Wildman–Crippen LogP) is 1.38. The van der Waals surface area contributed by atoms with E-state index in [4.69, 9.17) is 17.2 Å². The molecule has 0 bridgehead atoms. The second-order valence-corrected chi connectivity index (χ2v) is 5.04. The molecule has 0 aliphatic heterocycles. The van der Waals surface area contributed by atoms with Crippen molar-refractivity contribution in [3.63, 3.8) is 0 Å². The van der Waals surface area contributed by atoms with Crippen molar-refractivity contribution >= 4 is 23.4 Å². The molecule has 0 saturated heterocycles. The van der Waals surface area contributed by atoms with E-state index in [2.05, 4.69) is 21.8 Å². The Morgan fingerprint density at radius 1 is 1.14 bits per heavy atom. The zero-order valence-corrected chi connectivity index (χ0v) is 12.0. The Bertz CT molecular complexity index is 688.